The first-order valence-corrected chi connectivity index (χ1v) is 8.08. The number of carbonyl (C=O) groups excluding carboxylic acids is 2. The van der Waals surface area contributed by atoms with Gasteiger partial charge in [-0.25, -0.2) is 9.59 Å². The van der Waals surface area contributed by atoms with Crippen LogP contribution in [0, 0.1) is 5.92 Å². The van der Waals surface area contributed by atoms with E-state index >= 15 is 0 Å². The van der Waals surface area contributed by atoms with Crippen LogP contribution in [-0.4, -0.2) is 30.3 Å². The Labute approximate surface area is 137 Å². The van der Waals surface area contributed by atoms with E-state index in [0.717, 1.165) is 19.3 Å². The maximum absolute atomic E-state index is 12.1. The van der Waals surface area contributed by atoms with Crippen molar-refractivity contribution in [1.82, 2.24) is 5.32 Å². The minimum Gasteiger partial charge on any atom is -0.458 e. The normalized spacial score (nSPS) is 20.8. The van der Waals surface area contributed by atoms with E-state index in [1.807, 2.05) is 39.0 Å². The summed E-state index contributed by atoms with van der Waals surface area (Å²) >= 11 is 0. The highest BCUT2D eigenvalue weighted by Gasteiger charge is 2.31. The summed E-state index contributed by atoms with van der Waals surface area (Å²) in [7, 11) is 0. The number of rotatable bonds is 4. The number of carbonyl (C=O) groups is 2. The highest BCUT2D eigenvalue weighted by Crippen LogP contribution is 2.28. The summed E-state index contributed by atoms with van der Waals surface area (Å²) in [5.74, 6) is -0.171. The number of ether oxygens (including phenoxy) is 2. The molecule has 2 rings (SSSR count). The first kappa shape index (κ1) is 17.3. The summed E-state index contributed by atoms with van der Waals surface area (Å²) in [5.41, 5.74) is 0.0390. The molecular formula is C18H25NO4. The number of amides is 1. The minimum atomic E-state index is -0.515. The van der Waals surface area contributed by atoms with Crippen LogP contribution in [0.1, 0.15) is 50.4 Å². The van der Waals surface area contributed by atoms with Crippen LogP contribution in [0.4, 0.5) is 4.79 Å². The lowest BCUT2D eigenvalue weighted by molar-refractivity contribution is 0.0198. The molecule has 0 aromatic heterocycles. The first-order valence-electron chi connectivity index (χ1n) is 8.08. The Morgan fingerprint density at radius 1 is 1.17 bits per heavy atom. The molecule has 0 radical (unpaired) electrons. The molecule has 1 aromatic rings. The number of hydrogen-bond acceptors (Lipinski definition) is 4. The van der Waals surface area contributed by atoms with Gasteiger partial charge in [0.15, 0.2) is 0 Å². The molecule has 1 amide bonds. The Kier molecular flexibility index (Phi) is 5.64. The van der Waals surface area contributed by atoms with E-state index in [-0.39, 0.29) is 18.0 Å². The van der Waals surface area contributed by atoms with Gasteiger partial charge in [-0.15, -0.1) is 0 Å². The van der Waals surface area contributed by atoms with Gasteiger partial charge in [-0.1, -0.05) is 18.2 Å². The smallest absolute Gasteiger partial charge is 0.407 e. The van der Waals surface area contributed by atoms with E-state index in [4.69, 9.17) is 9.47 Å². The zero-order chi connectivity index (χ0) is 16.9. The van der Waals surface area contributed by atoms with Crippen LogP contribution in [0.15, 0.2) is 30.3 Å². The maximum Gasteiger partial charge on any atom is 0.407 e. The Bertz CT molecular complexity index is 536. The molecule has 126 valence electrons. The molecule has 0 saturated heterocycles. The molecule has 0 unspecified atom stereocenters. The van der Waals surface area contributed by atoms with Crippen molar-refractivity contribution in [3.8, 4) is 0 Å². The molecule has 5 nitrogen and oxygen atoms in total. The van der Waals surface area contributed by atoms with Gasteiger partial charge >= 0.3 is 12.1 Å². The second kappa shape index (κ2) is 7.49. The van der Waals surface area contributed by atoms with Crippen molar-refractivity contribution < 1.29 is 19.1 Å². The van der Waals surface area contributed by atoms with Gasteiger partial charge < -0.3 is 14.8 Å². The number of alkyl carbamates (subject to hydrolysis) is 1. The van der Waals surface area contributed by atoms with Crippen molar-refractivity contribution in [1.29, 1.82) is 0 Å². The summed E-state index contributed by atoms with van der Waals surface area (Å²) in [6, 6.07) is 8.97. The van der Waals surface area contributed by atoms with Crippen molar-refractivity contribution in [2.75, 3.05) is 6.54 Å². The topological polar surface area (TPSA) is 64.6 Å². The Balaban J connectivity index is 1.83. The molecule has 0 heterocycles. The number of hydrogen-bond donors (Lipinski definition) is 1. The lowest BCUT2D eigenvalue weighted by atomic mass is 10.1. The molecule has 1 aliphatic rings. The van der Waals surface area contributed by atoms with E-state index in [1.165, 1.54) is 0 Å². The van der Waals surface area contributed by atoms with Crippen molar-refractivity contribution in [3.63, 3.8) is 0 Å². The highest BCUT2D eigenvalue weighted by molar-refractivity contribution is 5.89. The third-order valence-electron chi connectivity index (χ3n) is 3.76. The molecule has 1 N–H and O–H groups in total. The second-order valence-electron chi connectivity index (χ2n) is 6.88. The molecule has 1 aromatic carbocycles. The standard InChI is InChI=1S/C18H25NO4/c1-18(2,3)23-17(21)19-12-14-10-7-11-15(14)22-16(20)13-8-5-4-6-9-13/h4-6,8-9,14-15H,7,10-12H2,1-3H3,(H,19,21)/t14-,15-/m0/s1. The number of nitrogens with one attached hydrogen (secondary N) is 1. The third kappa shape index (κ3) is 5.58. The largest absolute Gasteiger partial charge is 0.458 e. The van der Waals surface area contributed by atoms with Crippen LogP contribution in [0.3, 0.4) is 0 Å². The van der Waals surface area contributed by atoms with Gasteiger partial charge in [0, 0.05) is 12.5 Å². The van der Waals surface area contributed by atoms with Crippen LogP contribution in [0.5, 0.6) is 0 Å². The monoisotopic (exact) mass is 319 g/mol. The fourth-order valence-corrected chi connectivity index (χ4v) is 2.70. The van der Waals surface area contributed by atoms with Gasteiger partial charge in [0.25, 0.3) is 0 Å². The molecule has 23 heavy (non-hydrogen) atoms. The summed E-state index contributed by atoms with van der Waals surface area (Å²) in [6.07, 6.45) is 2.17. The number of benzene rings is 1. The van der Waals surface area contributed by atoms with Crippen molar-refractivity contribution in [2.24, 2.45) is 5.92 Å². The Morgan fingerprint density at radius 3 is 2.52 bits per heavy atom. The summed E-state index contributed by atoms with van der Waals surface area (Å²) in [6.45, 7) is 5.94. The molecular weight excluding hydrogens is 294 g/mol. The summed E-state index contributed by atoms with van der Waals surface area (Å²) in [4.78, 5) is 23.9. The van der Waals surface area contributed by atoms with Crippen LogP contribution < -0.4 is 5.32 Å². The van der Waals surface area contributed by atoms with Crippen LogP contribution in [-0.2, 0) is 9.47 Å². The average molecular weight is 319 g/mol. The van der Waals surface area contributed by atoms with Gasteiger partial charge in [-0.05, 0) is 52.2 Å². The van der Waals surface area contributed by atoms with Gasteiger partial charge in [-0.3, -0.25) is 0 Å². The molecule has 0 aliphatic heterocycles. The zero-order valence-electron chi connectivity index (χ0n) is 14.0. The Morgan fingerprint density at radius 2 is 1.87 bits per heavy atom. The molecule has 0 spiro atoms. The minimum absolute atomic E-state index is 0.134. The average Bonchev–Trinajstić information content (AvgIpc) is 2.91. The highest BCUT2D eigenvalue weighted by atomic mass is 16.6. The first-order chi connectivity index (χ1) is 10.8. The van der Waals surface area contributed by atoms with E-state index in [0.29, 0.717) is 12.1 Å². The van der Waals surface area contributed by atoms with Gasteiger partial charge in [0.1, 0.15) is 11.7 Å². The quantitative estimate of drug-likeness (QED) is 0.862. The van der Waals surface area contributed by atoms with Crippen molar-refractivity contribution in [2.45, 2.75) is 51.7 Å². The molecule has 5 heteroatoms. The van der Waals surface area contributed by atoms with E-state index < -0.39 is 11.7 Å². The predicted octanol–water partition coefficient (Wildman–Crippen LogP) is 3.54. The van der Waals surface area contributed by atoms with E-state index in [2.05, 4.69) is 5.32 Å². The summed E-state index contributed by atoms with van der Waals surface area (Å²) < 4.78 is 10.8. The molecule has 1 saturated carbocycles. The van der Waals surface area contributed by atoms with Gasteiger partial charge in [0.05, 0.1) is 5.56 Å². The maximum atomic E-state index is 12.1. The van der Waals surface area contributed by atoms with Gasteiger partial charge in [0.2, 0.25) is 0 Å². The van der Waals surface area contributed by atoms with E-state index in [1.54, 1.807) is 12.1 Å². The van der Waals surface area contributed by atoms with Crippen LogP contribution in [0.25, 0.3) is 0 Å². The number of esters is 1. The fourth-order valence-electron chi connectivity index (χ4n) is 2.70. The van der Waals surface area contributed by atoms with Crippen molar-refractivity contribution >= 4 is 12.1 Å². The van der Waals surface area contributed by atoms with Crippen LogP contribution >= 0.6 is 0 Å². The second-order valence-corrected chi connectivity index (χ2v) is 6.88. The van der Waals surface area contributed by atoms with Gasteiger partial charge in [-0.2, -0.15) is 0 Å². The van der Waals surface area contributed by atoms with Crippen LogP contribution in [0.2, 0.25) is 0 Å². The molecule has 1 fully saturated rings. The summed E-state index contributed by atoms with van der Waals surface area (Å²) in [5, 5.41) is 2.77. The lowest BCUT2D eigenvalue weighted by Crippen LogP contribution is -2.37. The SMILES string of the molecule is CC(C)(C)OC(=O)NC[C@@H]1CCC[C@@H]1OC(=O)c1ccccc1. The third-order valence-corrected chi connectivity index (χ3v) is 3.76. The van der Waals surface area contributed by atoms with E-state index in [9.17, 15) is 9.59 Å². The van der Waals surface area contributed by atoms with Crippen molar-refractivity contribution in [3.05, 3.63) is 35.9 Å². The molecule has 2 atom stereocenters. The Hall–Kier alpha value is -2.04. The molecule has 0 bridgehead atoms. The molecule has 1 aliphatic carbocycles. The predicted molar refractivity (Wildman–Crippen MR) is 87.2 cm³/mol. The lowest BCUT2D eigenvalue weighted by Gasteiger charge is -2.23. The fraction of sp³-hybridized carbons (Fsp3) is 0.556. The zero-order valence-corrected chi connectivity index (χ0v) is 14.0.